The fraction of sp³-hybridized carbons (Fsp3) is 0.222. The number of hydrogen-bond donors (Lipinski definition) is 1. The minimum Gasteiger partial charge on any atom is -0.332 e. The van der Waals surface area contributed by atoms with Crippen molar-refractivity contribution in [2.24, 2.45) is 4.99 Å². The molecular weight excluding hydrogens is 358 g/mol. The van der Waals surface area contributed by atoms with Crippen LogP contribution in [0.3, 0.4) is 0 Å². The molecule has 3 nitrogen and oxygen atoms in total. The molecule has 6 heteroatoms. The number of amidine groups is 1. The van der Waals surface area contributed by atoms with Crippen LogP contribution in [0.4, 0.5) is 11.4 Å². The molecule has 2 aromatic rings. The van der Waals surface area contributed by atoms with Crippen LogP contribution >= 0.6 is 35.6 Å². The Morgan fingerprint density at radius 3 is 2.67 bits per heavy atom. The van der Waals surface area contributed by atoms with Crippen LogP contribution in [0, 0.1) is 0 Å². The lowest BCUT2D eigenvalue weighted by Gasteiger charge is -2.21. The molecule has 0 bridgehead atoms. The Balaban J connectivity index is 1.83. The van der Waals surface area contributed by atoms with Gasteiger partial charge in [0.2, 0.25) is 0 Å². The Bertz CT molecular complexity index is 775. The van der Waals surface area contributed by atoms with Gasteiger partial charge in [-0.1, -0.05) is 47.6 Å². The molecule has 0 spiro atoms. The first kappa shape index (κ1) is 17.3. The highest BCUT2D eigenvalue weighted by Crippen LogP contribution is 2.37. The Labute approximate surface area is 157 Å². The Morgan fingerprint density at radius 1 is 1.21 bits per heavy atom. The SMILES string of the molecule is CC1(C)CN(C(=S)Nc2cccc(Cl)c2)C(=Nc2ccccc2)S1. The molecule has 0 radical (unpaired) electrons. The summed E-state index contributed by atoms with van der Waals surface area (Å²) in [6, 6.07) is 17.5. The van der Waals surface area contributed by atoms with Crippen LogP contribution < -0.4 is 5.32 Å². The van der Waals surface area contributed by atoms with Crippen molar-refractivity contribution in [3.8, 4) is 0 Å². The van der Waals surface area contributed by atoms with Crippen molar-refractivity contribution < 1.29 is 0 Å². The van der Waals surface area contributed by atoms with Crippen LogP contribution in [0.2, 0.25) is 5.02 Å². The number of benzene rings is 2. The number of anilines is 1. The van der Waals surface area contributed by atoms with E-state index in [1.165, 1.54) is 0 Å². The summed E-state index contributed by atoms with van der Waals surface area (Å²) in [7, 11) is 0. The van der Waals surface area contributed by atoms with Crippen molar-refractivity contribution in [2.45, 2.75) is 18.6 Å². The summed E-state index contributed by atoms with van der Waals surface area (Å²) in [4.78, 5) is 6.82. The molecule has 1 fully saturated rings. The molecule has 1 aliphatic heterocycles. The first-order valence-electron chi connectivity index (χ1n) is 7.60. The average molecular weight is 376 g/mol. The highest BCUT2D eigenvalue weighted by molar-refractivity contribution is 8.15. The topological polar surface area (TPSA) is 27.6 Å². The number of aliphatic imine (C=N–C) groups is 1. The van der Waals surface area contributed by atoms with Gasteiger partial charge in [-0.3, -0.25) is 4.90 Å². The number of halogens is 1. The molecule has 24 heavy (non-hydrogen) atoms. The second kappa shape index (κ2) is 7.13. The summed E-state index contributed by atoms with van der Waals surface area (Å²) < 4.78 is 0.0493. The largest absolute Gasteiger partial charge is 0.332 e. The Kier molecular flexibility index (Phi) is 5.13. The molecule has 0 aromatic heterocycles. The molecule has 0 unspecified atom stereocenters. The highest BCUT2D eigenvalue weighted by atomic mass is 35.5. The van der Waals surface area contributed by atoms with Gasteiger partial charge in [0.05, 0.1) is 5.69 Å². The van der Waals surface area contributed by atoms with Gasteiger partial charge in [-0.25, -0.2) is 4.99 Å². The number of thiocarbonyl (C=S) groups is 1. The summed E-state index contributed by atoms with van der Waals surface area (Å²) in [6.07, 6.45) is 0. The van der Waals surface area contributed by atoms with Crippen molar-refractivity contribution in [3.05, 3.63) is 59.6 Å². The summed E-state index contributed by atoms with van der Waals surface area (Å²) in [5.74, 6) is 0. The Hall–Kier alpha value is -1.56. The fourth-order valence-corrected chi connectivity index (χ4v) is 4.02. The van der Waals surface area contributed by atoms with Gasteiger partial charge in [0.1, 0.15) is 0 Å². The van der Waals surface area contributed by atoms with Crippen molar-refractivity contribution in [2.75, 3.05) is 11.9 Å². The zero-order valence-electron chi connectivity index (χ0n) is 13.5. The van der Waals surface area contributed by atoms with Gasteiger partial charge in [-0.2, -0.15) is 0 Å². The zero-order valence-corrected chi connectivity index (χ0v) is 15.9. The van der Waals surface area contributed by atoms with E-state index in [1.807, 2.05) is 59.5 Å². The number of nitrogens with zero attached hydrogens (tertiary/aromatic N) is 2. The molecule has 1 heterocycles. The van der Waals surface area contributed by atoms with Crippen LogP contribution in [0.25, 0.3) is 0 Å². The van der Waals surface area contributed by atoms with E-state index in [1.54, 1.807) is 11.8 Å². The van der Waals surface area contributed by atoms with E-state index in [0.29, 0.717) is 10.1 Å². The first-order chi connectivity index (χ1) is 11.4. The maximum atomic E-state index is 6.04. The van der Waals surface area contributed by atoms with E-state index in [9.17, 15) is 0 Å². The lowest BCUT2D eigenvalue weighted by Crippen LogP contribution is -2.37. The minimum absolute atomic E-state index is 0.0493. The second-order valence-electron chi connectivity index (χ2n) is 6.12. The third-order valence-corrected chi connectivity index (χ3v) is 5.17. The van der Waals surface area contributed by atoms with Crippen molar-refractivity contribution >= 4 is 57.2 Å². The standard InChI is InChI=1S/C18H18ClN3S2/c1-18(2)12-22(16(23)20-15-10-6-7-13(19)11-15)17(24-18)21-14-8-4-3-5-9-14/h3-11H,12H2,1-2H3,(H,20,23). The smallest absolute Gasteiger partial charge is 0.179 e. The Morgan fingerprint density at radius 2 is 1.96 bits per heavy atom. The fourth-order valence-electron chi connectivity index (χ4n) is 2.39. The predicted molar refractivity (Wildman–Crippen MR) is 110 cm³/mol. The molecular formula is C18H18ClN3S2. The average Bonchev–Trinajstić information content (AvgIpc) is 2.83. The normalized spacial score (nSPS) is 18.0. The van der Waals surface area contributed by atoms with E-state index >= 15 is 0 Å². The number of rotatable bonds is 2. The van der Waals surface area contributed by atoms with Crippen molar-refractivity contribution in [3.63, 3.8) is 0 Å². The molecule has 3 rings (SSSR count). The van der Waals surface area contributed by atoms with Gasteiger partial charge in [0.15, 0.2) is 10.3 Å². The predicted octanol–water partition coefficient (Wildman–Crippen LogP) is 5.55. The number of para-hydroxylation sites is 1. The third kappa shape index (κ3) is 4.29. The van der Waals surface area contributed by atoms with E-state index in [2.05, 4.69) is 19.2 Å². The monoisotopic (exact) mass is 375 g/mol. The molecule has 2 aromatic carbocycles. The quantitative estimate of drug-likeness (QED) is 0.696. The molecule has 0 amide bonds. The van der Waals surface area contributed by atoms with Gasteiger partial charge in [-0.15, -0.1) is 0 Å². The van der Waals surface area contributed by atoms with Crippen LogP contribution in [0.15, 0.2) is 59.6 Å². The summed E-state index contributed by atoms with van der Waals surface area (Å²) in [5, 5.41) is 5.47. The van der Waals surface area contributed by atoms with Gasteiger partial charge >= 0.3 is 0 Å². The lowest BCUT2D eigenvalue weighted by atomic mass is 10.2. The second-order valence-corrected chi connectivity index (χ2v) is 8.62. The summed E-state index contributed by atoms with van der Waals surface area (Å²) in [6.45, 7) is 5.19. The molecule has 1 saturated heterocycles. The van der Waals surface area contributed by atoms with Gasteiger partial charge in [0.25, 0.3) is 0 Å². The molecule has 1 aliphatic rings. The van der Waals surface area contributed by atoms with E-state index in [4.69, 9.17) is 28.8 Å². The van der Waals surface area contributed by atoms with Crippen LogP contribution in [0.5, 0.6) is 0 Å². The van der Waals surface area contributed by atoms with Gasteiger partial charge in [0, 0.05) is 22.0 Å². The van der Waals surface area contributed by atoms with Crippen LogP contribution in [-0.4, -0.2) is 26.5 Å². The van der Waals surface area contributed by atoms with Gasteiger partial charge in [-0.05, 0) is 56.4 Å². The van der Waals surface area contributed by atoms with Crippen molar-refractivity contribution in [1.29, 1.82) is 0 Å². The van der Waals surface area contributed by atoms with Crippen molar-refractivity contribution in [1.82, 2.24) is 4.90 Å². The minimum atomic E-state index is 0.0493. The molecule has 0 saturated carbocycles. The van der Waals surface area contributed by atoms with E-state index in [-0.39, 0.29) is 4.75 Å². The highest BCUT2D eigenvalue weighted by Gasteiger charge is 2.37. The summed E-state index contributed by atoms with van der Waals surface area (Å²) in [5.41, 5.74) is 1.80. The number of thioether (sulfide) groups is 1. The van der Waals surface area contributed by atoms with Crippen LogP contribution in [-0.2, 0) is 0 Å². The number of hydrogen-bond acceptors (Lipinski definition) is 3. The van der Waals surface area contributed by atoms with Crippen LogP contribution in [0.1, 0.15) is 13.8 Å². The van der Waals surface area contributed by atoms with Gasteiger partial charge < -0.3 is 5.32 Å². The molecule has 0 atom stereocenters. The molecule has 1 N–H and O–H groups in total. The molecule has 124 valence electrons. The maximum Gasteiger partial charge on any atom is 0.179 e. The summed E-state index contributed by atoms with van der Waals surface area (Å²) >= 11 is 13.4. The maximum absolute atomic E-state index is 6.04. The lowest BCUT2D eigenvalue weighted by molar-refractivity contribution is 0.556. The van der Waals surface area contributed by atoms with E-state index in [0.717, 1.165) is 23.1 Å². The molecule has 0 aliphatic carbocycles. The van der Waals surface area contributed by atoms with E-state index < -0.39 is 0 Å². The third-order valence-electron chi connectivity index (χ3n) is 3.44. The number of nitrogens with one attached hydrogen (secondary N) is 1. The zero-order chi connectivity index (χ0) is 17.2. The first-order valence-corrected chi connectivity index (χ1v) is 9.20.